The van der Waals surface area contributed by atoms with Crippen LogP contribution < -0.4 is 5.32 Å². The molecule has 17 heavy (non-hydrogen) atoms. The molecule has 3 nitrogen and oxygen atoms in total. The molecule has 1 heterocycles. The molecule has 0 radical (unpaired) electrons. The maximum Gasteiger partial charge on any atom is 0.151 e. The normalized spacial score (nSPS) is 15.8. The summed E-state index contributed by atoms with van der Waals surface area (Å²) >= 11 is 8.44. The molecule has 0 aliphatic rings. The van der Waals surface area contributed by atoms with Gasteiger partial charge in [0.25, 0.3) is 0 Å². The lowest BCUT2D eigenvalue weighted by molar-refractivity contribution is 0.513. The minimum atomic E-state index is -3.07. The maximum atomic E-state index is 11.7. The second-order valence-electron chi connectivity index (χ2n) is 3.85. The zero-order valence-electron chi connectivity index (χ0n) is 9.83. The Kier molecular flexibility index (Phi) is 5.65. The molecule has 0 spiro atoms. The number of sulfone groups is 1. The Labute approximate surface area is 123 Å². The lowest BCUT2D eigenvalue weighted by Gasteiger charge is -2.23. The van der Waals surface area contributed by atoms with E-state index in [2.05, 4.69) is 37.2 Å². The first-order chi connectivity index (χ1) is 7.77. The fraction of sp³-hybridized carbons (Fsp3) is 0.600. The highest BCUT2D eigenvalue weighted by atomic mass is 79.9. The van der Waals surface area contributed by atoms with Gasteiger partial charge in [-0.25, -0.2) is 8.42 Å². The van der Waals surface area contributed by atoms with Gasteiger partial charge in [-0.05, 0) is 57.0 Å². The SMILES string of the molecule is CCNC(c1cc(Br)sc1Br)C(C)S(C)(=O)=O. The number of thiophene rings is 1. The van der Waals surface area contributed by atoms with Crippen LogP contribution in [0.5, 0.6) is 0 Å². The molecule has 0 bridgehead atoms. The van der Waals surface area contributed by atoms with Crippen LogP contribution in [0.2, 0.25) is 0 Å². The van der Waals surface area contributed by atoms with E-state index in [4.69, 9.17) is 0 Å². The van der Waals surface area contributed by atoms with Crippen molar-refractivity contribution in [2.75, 3.05) is 12.8 Å². The van der Waals surface area contributed by atoms with Crippen LogP contribution in [0.25, 0.3) is 0 Å². The van der Waals surface area contributed by atoms with Crippen molar-refractivity contribution in [1.82, 2.24) is 5.32 Å². The first kappa shape index (κ1) is 15.6. The Bertz CT molecular complexity index is 484. The molecule has 0 aromatic carbocycles. The van der Waals surface area contributed by atoms with Gasteiger partial charge in [0.1, 0.15) is 0 Å². The van der Waals surface area contributed by atoms with Crippen molar-refractivity contribution in [2.45, 2.75) is 25.1 Å². The molecule has 1 rings (SSSR count). The summed E-state index contributed by atoms with van der Waals surface area (Å²) in [5.74, 6) is 0. The summed E-state index contributed by atoms with van der Waals surface area (Å²) in [6, 6.07) is 1.77. The highest BCUT2D eigenvalue weighted by Gasteiger charge is 2.29. The van der Waals surface area contributed by atoms with E-state index < -0.39 is 15.1 Å². The van der Waals surface area contributed by atoms with E-state index in [0.29, 0.717) is 0 Å². The van der Waals surface area contributed by atoms with E-state index in [1.54, 1.807) is 18.3 Å². The van der Waals surface area contributed by atoms with E-state index in [-0.39, 0.29) is 6.04 Å². The van der Waals surface area contributed by atoms with Crippen LogP contribution in [0.4, 0.5) is 0 Å². The summed E-state index contributed by atoms with van der Waals surface area (Å²) in [5, 5.41) is 2.78. The highest BCUT2D eigenvalue weighted by Crippen LogP contribution is 2.37. The Morgan fingerprint density at radius 2 is 2.06 bits per heavy atom. The van der Waals surface area contributed by atoms with Crippen molar-refractivity contribution >= 4 is 53.0 Å². The largest absolute Gasteiger partial charge is 0.309 e. The molecule has 1 aromatic rings. The number of halogens is 2. The second-order valence-corrected chi connectivity index (χ2v) is 10.0. The van der Waals surface area contributed by atoms with Crippen molar-refractivity contribution in [1.29, 1.82) is 0 Å². The van der Waals surface area contributed by atoms with Crippen LogP contribution >= 0.6 is 43.2 Å². The molecule has 0 saturated carbocycles. The minimum Gasteiger partial charge on any atom is -0.309 e. The predicted octanol–water partition coefficient (Wildman–Crippen LogP) is 3.36. The van der Waals surface area contributed by atoms with Gasteiger partial charge < -0.3 is 5.32 Å². The average molecular weight is 405 g/mol. The van der Waals surface area contributed by atoms with Gasteiger partial charge in [0.2, 0.25) is 0 Å². The summed E-state index contributed by atoms with van der Waals surface area (Å²) < 4.78 is 25.3. The van der Waals surface area contributed by atoms with Crippen LogP contribution in [-0.4, -0.2) is 26.5 Å². The molecule has 2 atom stereocenters. The molecular formula is C10H15Br2NO2S2. The average Bonchev–Trinajstić information content (AvgIpc) is 2.52. The summed E-state index contributed by atoms with van der Waals surface area (Å²) in [6.07, 6.45) is 1.28. The molecule has 0 aliphatic heterocycles. The molecule has 0 aliphatic carbocycles. The number of hydrogen-bond acceptors (Lipinski definition) is 4. The topological polar surface area (TPSA) is 46.2 Å². The lowest BCUT2D eigenvalue weighted by Crippen LogP contribution is -2.34. The van der Waals surface area contributed by atoms with E-state index in [1.807, 2.05) is 13.0 Å². The fourth-order valence-electron chi connectivity index (χ4n) is 1.56. The van der Waals surface area contributed by atoms with Crippen molar-refractivity contribution in [3.63, 3.8) is 0 Å². The molecule has 0 saturated heterocycles. The van der Waals surface area contributed by atoms with Crippen molar-refractivity contribution < 1.29 is 8.42 Å². The van der Waals surface area contributed by atoms with Crippen LogP contribution in [0.1, 0.15) is 25.5 Å². The second kappa shape index (κ2) is 6.14. The zero-order chi connectivity index (χ0) is 13.2. The van der Waals surface area contributed by atoms with Gasteiger partial charge in [-0.3, -0.25) is 0 Å². The molecular weight excluding hydrogens is 390 g/mol. The van der Waals surface area contributed by atoms with Gasteiger partial charge in [0.15, 0.2) is 9.84 Å². The third kappa shape index (κ3) is 4.02. The molecule has 98 valence electrons. The number of hydrogen-bond donors (Lipinski definition) is 1. The summed E-state index contributed by atoms with van der Waals surface area (Å²) in [4.78, 5) is 0. The van der Waals surface area contributed by atoms with E-state index in [0.717, 1.165) is 19.7 Å². The van der Waals surface area contributed by atoms with Gasteiger partial charge >= 0.3 is 0 Å². The highest BCUT2D eigenvalue weighted by molar-refractivity contribution is 9.12. The molecule has 1 N–H and O–H groups in total. The van der Waals surface area contributed by atoms with Gasteiger partial charge in [0.05, 0.1) is 18.9 Å². The van der Waals surface area contributed by atoms with E-state index in [1.165, 1.54) is 6.26 Å². The van der Waals surface area contributed by atoms with E-state index in [9.17, 15) is 8.42 Å². The summed E-state index contributed by atoms with van der Waals surface area (Å²) in [7, 11) is -3.07. The lowest BCUT2D eigenvalue weighted by atomic mass is 10.1. The van der Waals surface area contributed by atoms with Crippen molar-refractivity contribution in [2.24, 2.45) is 0 Å². The minimum absolute atomic E-state index is 0.188. The fourth-order valence-corrected chi connectivity index (χ4v) is 5.23. The van der Waals surface area contributed by atoms with Crippen LogP contribution in [0.15, 0.2) is 13.6 Å². The third-order valence-corrected chi connectivity index (χ3v) is 6.60. The molecule has 1 aromatic heterocycles. The molecule has 0 amide bonds. The summed E-state index contributed by atoms with van der Waals surface area (Å²) in [5.41, 5.74) is 0.988. The predicted molar refractivity (Wildman–Crippen MR) is 80.4 cm³/mol. The Morgan fingerprint density at radius 1 is 1.47 bits per heavy atom. The standard InChI is InChI=1S/C10H15Br2NO2S2/c1-4-13-9(6(2)17(3,14)15)7-5-8(11)16-10(7)12/h5-6,9,13H,4H2,1-3H3. The third-order valence-electron chi connectivity index (χ3n) is 2.59. The molecule has 2 unspecified atom stereocenters. The first-order valence-corrected chi connectivity index (χ1v) is 9.50. The van der Waals surface area contributed by atoms with Gasteiger partial charge in [-0.2, -0.15) is 0 Å². The van der Waals surface area contributed by atoms with Crippen LogP contribution in [0, 0.1) is 0 Å². The van der Waals surface area contributed by atoms with Crippen LogP contribution in [0.3, 0.4) is 0 Å². The van der Waals surface area contributed by atoms with Gasteiger partial charge in [-0.1, -0.05) is 6.92 Å². The van der Waals surface area contributed by atoms with Crippen molar-refractivity contribution in [3.8, 4) is 0 Å². The van der Waals surface area contributed by atoms with Gasteiger partial charge in [0, 0.05) is 6.26 Å². The Balaban J connectivity index is 3.14. The molecule has 0 fully saturated rings. The zero-order valence-corrected chi connectivity index (χ0v) is 14.6. The monoisotopic (exact) mass is 403 g/mol. The maximum absolute atomic E-state index is 11.7. The quantitative estimate of drug-likeness (QED) is 0.818. The Morgan fingerprint density at radius 3 is 2.41 bits per heavy atom. The number of rotatable bonds is 5. The summed E-state index contributed by atoms with van der Waals surface area (Å²) in [6.45, 7) is 4.43. The Hall–Kier alpha value is 0.570. The van der Waals surface area contributed by atoms with Crippen LogP contribution in [-0.2, 0) is 9.84 Å². The van der Waals surface area contributed by atoms with Crippen molar-refractivity contribution in [3.05, 3.63) is 19.2 Å². The van der Waals surface area contributed by atoms with E-state index >= 15 is 0 Å². The molecule has 7 heteroatoms. The first-order valence-electron chi connectivity index (χ1n) is 5.14. The number of nitrogens with one attached hydrogen (secondary N) is 1. The van der Waals surface area contributed by atoms with Gasteiger partial charge in [-0.15, -0.1) is 11.3 Å². The smallest absolute Gasteiger partial charge is 0.151 e.